The fraction of sp³-hybridized carbons (Fsp3) is 0.808. The Morgan fingerprint density at radius 3 is 2.63 bits per heavy atom. The van der Waals surface area contributed by atoms with Gasteiger partial charge < -0.3 is 19.4 Å². The van der Waals surface area contributed by atoms with E-state index < -0.39 is 8.32 Å². The van der Waals surface area contributed by atoms with Crippen LogP contribution in [0.15, 0.2) is 12.7 Å². The van der Waals surface area contributed by atoms with Crippen molar-refractivity contribution < 1.29 is 23.5 Å². The van der Waals surface area contributed by atoms with Gasteiger partial charge in [0.15, 0.2) is 8.32 Å². The van der Waals surface area contributed by atoms with Crippen molar-refractivity contribution in [3.8, 4) is 0 Å². The number of rotatable bonds is 9. The second-order valence-corrected chi connectivity index (χ2v) is 17.9. The van der Waals surface area contributed by atoms with Crippen molar-refractivity contribution in [1.82, 2.24) is 10.2 Å². The van der Waals surface area contributed by atoms with Crippen LogP contribution >= 0.6 is 11.8 Å². The quantitative estimate of drug-likeness (QED) is 0.269. The Morgan fingerprint density at radius 2 is 2.00 bits per heavy atom. The highest BCUT2D eigenvalue weighted by atomic mass is 32.2. The van der Waals surface area contributed by atoms with Gasteiger partial charge in [-0.05, 0) is 44.3 Å². The van der Waals surface area contributed by atoms with Crippen molar-refractivity contribution in [3.63, 3.8) is 0 Å². The number of hydrogen-bond donors (Lipinski definition) is 1. The van der Waals surface area contributed by atoms with E-state index >= 15 is 0 Å². The zero-order valence-corrected chi connectivity index (χ0v) is 24.1. The van der Waals surface area contributed by atoms with Crippen LogP contribution in [-0.2, 0) is 18.8 Å². The van der Waals surface area contributed by atoms with Crippen LogP contribution in [0.5, 0.6) is 0 Å². The molecule has 9 heteroatoms. The van der Waals surface area contributed by atoms with Gasteiger partial charge in [0.2, 0.25) is 5.91 Å². The Balaban J connectivity index is 1.53. The predicted octanol–water partition coefficient (Wildman–Crippen LogP) is 4.63. The number of nitrogens with zero attached hydrogens (tertiary/aromatic N) is 1. The number of ether oxygens (including phenoxy) is 1. The minimum absolute atomic E-state index is 0.00952. The Labute approximate surface area is 216 Å². The molecule has 2 aliphatic heterocycles. The summed E-state index contributed by atoms with van der Waals surface area (Å²) in [6.45, 7) is 18.2. The van der Waals surface area contributed by atoms with Crippen LogP contribution in [-0.4, -0.2) is 73.8 Å². The molecule has 1 saturated carbocycles. The minimum atomic E-state index is -2.01. The first-order valence-electron chi connectivity index (χ1n) is 13.0. The average molecular weight is 525 g/mol. The van der Waals surface area contributed by atoms with Crippen molar-refractivity contribution in [2.45, 2.75) is 88.9 Å². The lowest BCUT2D eigenvalue weighted by Crippen LogP contribution is -2.67. The first kappa shape index (κ1) is 28.3. The normalized spacial score (nSPS) is 30.5. The molecule has 35 heavy (non-hydrogen) atoms. The maximum Gasteiger partial charge on any atom is 0.410 e. The zero-order chi connectivity index (χ0) is 26.0. The van der Waals surface area contributed by atoms with Gasteiger partial charge in [0.25, 0.3) is 0 Å². The van der Waals surface area contributed by atoms with E-state index in [2.05, 4.69) is 45.8 Å². The van der Waals surface area contributed by atoms with Gasteiger partial charge in [-0.2, -0.15) is 11.8 Å². The van der Waals surface area contributed by atoms with E-state index in [0.29, 0.717) is 24.1 Å². The Bertz CT molecular complexity index is 814. The van der Waals surface area contributed by atoms with Gasteiger partial charge in [-0.1, -0.05) is 39.8 Å². The lowest BCUT2D eigenvalue weighted by Gasteiger charge is -2.48. The maximum atomic E-state index is 13.5. The summed E-state index contributed by atoms with van der Waals surface area (Å²) in [5, 5.41) is 3.45. The van der Waals surface area contributed by atoms with E-state index in [1.54, 1.807) is 22.7 Å². The number of likely N-dealkylation sites (tertiary alicyclic amines) is 1. The van der Waals surface area contributed by atoms with Gasteiger partial charge in [-0.15, -0.1) is 0 Å². The van der Waals surface area contributed by atoms with E-state index in [9.17, 15) is 14.4 Å². The number of thioether (sulfide) groups is 1. The summed E-state index contributed by atoms with van der Waals surface area (Å²) in [5.74, 6) is 0.705. The monoisotopic (exact) mass is 524 g/mol. The van der Waals surface area contributed by atoms with Gasteiger partial charge in [-0.3, -0.25) is 9.59 Å². The first-order valence-corrected chi connectivity index (χ1v) is 17.0. The molecule has 2 saturated heterocycles. The van der Waals surface area contributed by atoms with Crippen LogP contribution in [0, 0.1) is 17.8 Å². The molecule has 3 fully saturated rings. The molecular formula is C26H44N2O5SSi. The predicted molar refractivity (Wildman–Crippen MR) is 143 cm³/mol. The van der Waals surface area contributed by atoms with Crippen LogP contribution in [0.2, 0.25) is 18.1 Å². The number of carbonyl (C=O) groups is 3. The van der Waals surface area contributed by atoms with E-state index in [4.69, 9.17) is 9.16 Å². The van der Waals surface area contributed by atoms with Crippen LogP contribution in [0.1, 0.15) is 53.4 Å². The second-order valence-electron chi connectivity index (χ2n) is 11.8. The molecule has 1 N–H and O–H groups in total. The number of β-lactam (4-membered cyclic amide) rings is 1. The molecule has 2 heterocycles. The maximum absolute atomic E-state index is 13.5. The Hall–Kier alpha value is -1.32. The van der Waals surface area contributed by atoms with Gasteiger partial charge in [0.05, 0.1) is 18.1 Å². The lowest BCUT2D eigenvalue weighted by atomic mass is 9.69. The third-order valence-electron chi connectivity index (χ3n) is 8.32. The molecule has 0 aromatic carbocycles. The highest BCUT2D eigenvalue weighted by Gasteiger charge is 2.52. The SMILES string of the molecule is C=CCOC(=O)N1CC[C@H](SC[C@H]2CCC[C@H]([C@H]3NC(=O)[C@@H]3[C@@H](C)O[Si](C)(C)C(C)(C)C)C2=O)C1. The lowest BCUT2D eigenvalue weighted by molar-refractivity contribution is -0.146. The summed E-state index contributed by atoms with van der Waals surface area (Å²) >= 11 is 1.80. The van der Waals surface area contributed by atoms with Crippen molar-refractivity contribution in [1.29, 1.82) is 0 Å². The van der Waals surface area contributed by atoms with Crippen molar-refractivity contribution in [2.24, 2.45) is 17.8 Å². The molecular weight excluding hydrogens is 480 g/mol. The van der Waals surface area contributed by atoms with Gasteiger partial charge in [-0.25, -0.2) is 4.79 Å². The highest BCUT2D eigenvalue weighted by molar-refractivity contribution is 8.00. The average Bonchev–Trinajstić information content (AvgIpc) is 3.23. The third-order valence-corrected chi connectivity index (χ3v) is 14.3. The molecule has 0 aromatic rings. The number of hydrogen-bond acceptors (Lipinski definition) is 6. The van der Waals surface area contributed by atoms with E-state index in [1.165, 1.54) is 0 Å². The molecule has 0 radical (unpaired) electrons. The Kier molecular flexibility index (Phi) is 9.19. The molecule has 198 valence electrons. The number of amides is 2. The summed E-state index contributed by atoms with van der Waals surface area (Å²) < 4.78 is 11.7. The van der Waals surface area contributed by atoms with Crippen LogP contribution in [0.25, 0.3) is 0 Å². The zero-order valence-electron chi connectivity index (χ0n) is 22.3. The number of ketones is 1. The number of carbonyl (C=O) groups excluding carboxylic acids is 3. The molecule has 1 aliphatic carbocycles. The van der Waals surface area contributed by atoms with E-state index in [0.717, 1.165) is 31.4 Å². The van der Waals surface area contributed by atoms with E-state index in [1.807, 2.05) is 6.92 Å². The molecule has 3 rings (SSSR count). The Morgan fingerprint density at radius 1 is 1.29 bits per heavy atom. The smallest absolute Gasteiger partial charge is 0.410 e. The summed E-state index contributed by atoms with van der Waals surface area (Å²) in [6, 6.07) is -0.121. The van der Waals surface area contributed by atoms with Crippen LogP contribution in [0.4, 0.5) is 4.79 Å². The molecule has 2 amide bonds. The summed E-state index contributed by atoms with van der Waals surface area (Å²) in [5.41, 5.74) is 0. The van der Waals surface area contributed by atoms with Gasteiger partial charge in [0, 0.05) is 35.9 Å². The topological polar surface area (TPSA) is 84.9 Å². The molecule has 6 atom stereocenters. The standard InChI is InChI=1S/C26H44N2O5SSi/c1-8-14-32-25(31)28-13-12-19(15-28)34-16-18-10-9-11-20(23(18)29)22-21(24(30)27-22)17(2)33-35(6,7)26(3,4)5/h8,17-22H,1,9-16H2,2-7H3,(H,27,30)/t17-,18-,19+,20-,21-,22-/m1/s1. The van der Waals surface area contributed by atoms with Crippen molar-refractivity contribution in [3.05, 3.63) is 12.7 Å². The summed E-state index contributed by atoms with van der Waals surface area (Å²) in [7, 11) is -2.01. The largest absolute Gasteiger partial charge is 0.445 e. The molecule has 0 aromatic heterocycles. The van der Waals surface area contributed by atoms with E-state index in [-0.39, 0.29) is 53.5 Å². The fourth-order valence-electron chi connectivity index (χ4n) is 5.19. The molecule has 0 unspecified atom stereocenters. The van der Waals surface area contributed by atoms with Crippen LogP contribution in [0.3, 0.4) is 0 Å². The van der Waals surface area contributed by atoms with Crippen molar-refractivity contribution in [2.75, 3.05) is 25.4 Å². The molecule has 7 nitrogen and oxygen atoms in total. The minimum Gasteiger partial charge on any atom is -0.445 e. The van der Waals surface area contributed by atoms with Gasteiger partial charge in [0.1, 0.15) is 12.4 Å². The summed E-state index contributed by atoms with van der Waals surface area (Å²) in [4.78, 5) is 39.9. The van der Waals surface area contributed by atoms with Crippen LogP contribution < -0.4 is 5.32 Å². The summed E-state index contributed by atoms with van der Waals surface area (Å²) in [6.07, 6.45) is 4.75. The number of Topliss-reactive ketones (excluding diaryl/α,β-unsaturated/α-hetero) is 1. The van der Waals surface area contributed by atoms with Gasteiger partial charge >= 0.3 is 6.09 Å². The number of nitrogens with one attached hydrogen (secondary N) is 1. The fourth-order valence-corrected chi connectivity index (χ4v) is 8.01. The van der Waals surface area contributed by atoms with Crippen molar-refractivity contribution >= 4 is 37.9 Å². The highest BCUT2D eigenvalue weighted by Crippen LogP contribution is 2.41. The first-order chi connectivity index (χ1) is 16.4. The molecule has 0 spiro atoms. The second kappa shape index (κ2) is 11.4. The molecule has 3 aliphatic rings. The third kappa shape index (κ3) is 6.52. The molecule has 0 bridgehead atoms.